The molecule has 0 aliphatic heterocycles. The monoisotopic (exact) mass is 516 g/mol. The fourth-order valence-corrected chi connectivity index (χ4v) is 3.92. The van der Waals surface area contributed by atoms with Gasteiger partial charge < -0.3 is 0 Å². The third kappa shape index (κ3) is 5.66. The number of hydrogen-bond acceptors (Lipinski definition) is 1. The second kappa shape index (κ2) is 9.73. The zero-order valence-electron chi connectivity index (χ0n) is 14.0. The van der Waals surface area contributed by atoms with Crippen molar-refractivity contribution >= 4 is 45.2 Å². The van der Waals surface area contributed by atoms with Gasteiger partial charge >= 0.3 is 0 Å². The molecule has 21 heavy (non-hydrogen) atoms. The summed E-state index contributed by atoms with van der Waals surface area (Å²) in [6.07, 6.45) is 11.8. The smallest absolute Gasteiger partial charge is 0.136 e. The predicted octanol–water partition coefficient (Wildman–Crippen LogP) is 6.67. The highest BCUT2D eigenvalue weighted by Crippen LogP contribution is 2.33. The van der Waals surface area contributed by atoms with Gasteiger partial charge in [-0.15, -0.1) is 0 Å². The Labute approximate surface area is 158 Å². The molecule has 0 bridgehead atoms. The van der Waals surface area contributed by atoms with Crippen molar-refractivity contribution in [2.24, 2.45) is 0 Å². The molecule has 0 fully saturated rings. The zero-order chi connectivity index (χ0) is 15.9. The Morgan fingerprint density at radius 1 is 0.952 bits per heavy atom. The lowest BCUT2D eigenvalue weighted by Gasteiger charge is -2.32. The van der Waals surface area contributed by atoms with Crippen LogP contribution in [0.5, 0.6) is 0 Å². The van der Waals surface area contributed by atoms with E-state index in [1.54, 1.807) is 0 Å². The van der Waals surface area contributed by atoms with Crippen LogP contribution in [0, 0.1) is 14.2 Å². The highest BCUT2D eigenvalue weighted by molar-refractivity contribution is 14.1. The van der Waals surface area contributed by atoms with E-state index in [1.807, 2.05) is 0 Å². The molecule has 0 saturated carbocycles. The second-order valence-corrected chi connectivity index (χ2v) is 8.47. The number of unbranched alkanes of at least 4 members (excludes halogenated alkanes) is 5. The normalized spacial score (nSPS) is 14.4. The predicted molar refractivity (Wildman–Crippen MR) is 109 cm³/mol. The van der Waals surface area contributed by atoms with Gasteiger partial charge in [0.05, 0.1) is 14.8 Å². The first-order valence-electron chi connectivity index (χ1n) is 8.37. The molecule has 0 aromatic carbocycles. The van der Waals surface area contributed by atoms with Gasteiger partial charge in [0.2, 0.25) is 0 Å². The van der Waals surface area contributed by atoms with Gasteiger partial charge in [-0.1, -0.05) is 58.8 Å². The summed E-state index contributed by atoms with van der Waals surface area (Å²) in [7, 11) is 0. The van der Waals surface area contributed by atoms with E-state index in [-0.39, 0.29) is 5.54 Å². The minimum Gasteiger partial charge on any atom is -0.262 e. The first kappa shape index (κ1) is 19.7. The molecule has 0 aliphatic carbocycles. The SMILES string of the molecule is CCCCCCCC(C)(CCCC)n1nc(I)c(I)c1C. The molecule has 2 nitrogen and oxygen atoms in total. The van der Waals surface area contributed by atoms with Crippen molar-refractivity contribution < 1.29 is 0 Å². The van der Waals surface area contributed by atoms with Crippen LogP contribution in [0.2, 0.25) is 0 Å². The molecule has 0 spiro atoms. The van der Waals surface area contributed by atoms with Crippen LogP contribution < -0.4 is 0 Å². The van der Waals surface area contributed by atoms with Crippen LogP contribution >= 0.6 is 45.2 Å². The van der Waals surface area contributed by atoms with Crippen molar-refractivity contribution in [2.75, 3.05) is 0 Å². The summed E-state index contributed by atoms with van der Waals surface area (Å²) in [5, 5.41) is 4.85. The number of rotatable bonds is 10. The van der Waals surface area contributed by atoms with Crippen molar-refractivity contribution in [3.63, 3.8) is 0 Å². The third-order valence-electron chi connectivity index (χ3n) is 4.40. The Bertz CT molecular complexity index is 429. The maximum absolute atomic E-state index is 4.85. The van der Waals surface area contributed by atoms with Crippen molar-refractivity contribution in [1.29, 1.82) is 0 Å². The van der Waals surface area contributed by atoms with Crippen LogP contribution in [0.3, 0.4) is 0 Å². The number of nitrogens with zero attached hydrogens (tertiary/aromatic N) is 2. The lowest BCUT2D eigenvalue weighted by Crippen LogP contribution is -2.32. The van der Waals surface area contributed by atoms with E-state index in [2.05, 4.69) is 77.6 Å². The summed E-state index contributed by atoms with van der Waals surface area (Å²) in [6, 6.07) is 0. The molecule has 1 rings (SSSR count). The van der Waals surface area contributed by atoms with E-state index in [9.17, 15) is 0 Å². The molecule has 0 radical (unpaired) electrons. The molecule has 1 aromatic heterocycles. The lowest BCUT2D eigenvalue weighted by molar-refractivity contribution is 0.223. The molecule has 0 aliphatic rings. The summed E-state index contributed by atoms with van der Waals surface area (Å²) in [6.45, 7) is 9.19. The van der Waals surface area contributed by atoms with E-state index in [4.69, 9.17) is 5.10 Å². The van der Waals surface area contributed by atoms with Crippen LogP contribution in [-0.2, 0) is 5.54 Å². The minimum absolute atomic E-state index is 0.190. The standard InChI is InChI=1S/C17H30I2N2/c1-5-7-9-10-11-13-17(4,12-8-6-2)21-14(3)15(18)16(19)20-21/h5-13H2,1-4H3. The molecular weight excluding hydrogens is 486 g/mol. The first-order valence-corrected chi connectivity index (χ1v) is 10.5. The number of halogens is 2. The number of aromatic nitrogens is 2. The largest absolute Gasteiger partial charge is 0.262 e. The topological polar surface area (TPSA) is 17.8 Å². The molecule has 1 heterocycles. The summed E-state index contributed by atoms with van der Waals surface area (Å²) < 4.78 is 4.80. The van der Waals surface area contributed by atoms with E-state index in [0.29, 0.717) is 0 Å². The molecule has 0 N–H and O–H groups in total. The Balaban J connectivity index is 2.79. The van der Waals surface area contributed by atoms with Crippen molar-refractivity contribution in [3.8, 4) is 0 Å². The fourth-order valence-electron chi connectivity index (χ4n) is 2.98. The fraction of sp³-hybridized carbons (Fsp3) is 0.824. The Morgan fingerprint density at radius 3 is 2.05 bits per heavy atom. The van der Waals surface area contributed by atoms with Gasteiger partial charge in [-0.05, 0) is 71.9 Å². The molecule has 1 aromatic rings. The average molecular weight is 516 g/mol. The Kier molecular flexibility index (Phi) is 9.13. The maximum atomic E-state index is 4.85. The Hall–Kier alpha value is 0.670. The molecule has 4 heteroatoms. The molecule has 0 amide bonds. The highest BCUT2D eigenvalue weighted by atomic mass is 127. The summed E-state index contributed by atoms with van der Waals surface area (Å²) in [5.41, 5.74) is 1.53. The van der Waals surface area contributed by atoms with E-state index in [0.717, 1.165) is 3.70 Å². The van der Waals surface area contributed by atoms with Crippen LogP contribution in [0.25, 0.3) is 0 Å². The van der Waals surface area contributed by atoms with Gasteiger partial charge in [0, 0.05) is 0 Å². The van der Waals surface area contributed by atoms with Gasteiger partial charge in [0.1, 0.15) is 3.70 Å². The number of hydrogen-bond donors (Lipinski definition) is 0. The first-order chi connectivity index (χ1) is 9.96. The summed E-state index contributed by atoms with van der Waals surface area (Å²) >= 11 is 4.80. The van der Waals surface area contributed by atoms with Crippen LogP contribution in [0.1, 0.15) is 84.3 Å². The average Bonchev–Trinajstić information content (AvgIpc) is 2.73. The van der Waals surface area contributed by atoms with E-state index >= 15 is 0 Å². The third-order valence-corrected chi connectivity index (χ3v) is 7.48. The van der Waals surface area contributed by atoms with E-state index < -0.39 is 0 Å². The molecule has 0 saturated heterocycles. The van der Waals surface area contributed by atoms with Gasteiger partial charge in [0.25, 0.3) is 0 Å². The van der Waals surface area contributed by atoms with E-state index in [1.165, 1.54) is 67.1 Å². The summed E-state index contributed by atoms with van der Waals surface area (Å²) in [5.74, 6) is 0. The van der Waals surface area contributed by atoms with Crippen molar-refractivity contribution in [3.05, 3.63) is 13.0 Å². The molecule has 122 valence electrons. The molecule has 1 unspecified atom stereocenters. The van der Waals surface area contributed by atoms with Crippen LogP contribution in [0.4, 0.5) is 0 Å². The van der Waals surface area contributed by atoms with Gasteiger partial charge in [0.15, 0.2) is 0 Å². The summed E-state index contributed by atoms with van der Waals surface area (Å²) in [4.78, 5) is 0. The lowest BCUT2D eigenvalue weighted by atomic mass is 9.88. The molecule has 1 atom stereocenters. The van der Waals surface area contributed by atoms with Crippen LogP contribution in [-0.4, -0.2) is 9.78 Å². The maximum Gasteiger partial charge on any atom is 0.136 e. The van der Waals surface area contributed by atoms with Crippen LogP contribution in [0.15, 0.2) is 0 Å². The van der Waals surface area contributed by atoms with Crippen molar-refractivity contribution in [2.45, 2.75) is 91.0 Å². The zero-order valence-corrected chi connectivity index (χ0v) is 18.3. The minimum atomic E-state index is 0.190. The highest BCUT2D eigenvalue weighted by Gasteiger charge is 2.29. The second-order valence-electron chi connectivity index (χ2n) is 6.37. The van der Waals surface area contributed by atoms with Crippen molar-refractivity contribution in [1.82, 2.24) is 9.78 Å². The Morgan fingerprint density at radius 2 is 1.52 bits per heavy atom. The van der Waals surface area contributed by atoms with Gasteiger partial charge in [-0.3, -0.25) is 4.68 Å². The quantitative estimate of drug-likeness (QED) is 0.251. The molecular formula is C17H30I2N2. The van der Waals surface area contributed by atoms with Gasteiger partial charge in [-0.2, -0.15) is 5.10 Å². The van der Waals surface area contributed by atoms with Gasteiger partial charge in [-0.25, -0.2) is 0 Å².